The topological polar surface area (TPSA) is 99.5 Å². The second kappa shape index (κ2) is 9.18. The molecular weight excluding hydrogens is 398 g/mol. The third kappa shape index (κ3) is 4.86. The summed E-state index contributed by atoms with van der Waals surface area (Å²) in [4.78, 5) is 19.6. The maximum Gasteiger partial charge on any atom is 0.259 e. The van der Waals surface area contributed by atoms with Gasteiger partial charge in [-0.2, -0.15) is 4.98 Å². The number of nitrogens with zero attached hydrogens (tertiary/aromatic N) is 2. The van der Waals surface area contributed by atoms with Crippen LogP contribution in [0.5, 0.6) is 11.5 Å². The molecule has 0 aliphatic carbocycles. The fourth-order valence-corrected chi connectivity index (χ4v) is 3.23. The smallest absolute Gasteiger partial charge is 0.259 e. The number of fused-ring (bicyclic) bond motifs is 1. The third-order valence-electron chi connectivity index (χ3n) is 4.83. The molecule has 0 atom stereocenters. The van der Waals surface area contributed by atoms with Crippen LogP contribution >= 0.6 is 0 Å². The second-order valence-corrected chi connectivity index (χ2v) is 7.72. The number of nitrogens with one attached hydrogen (secondary N) is 1. The lowest BCUT2D eigenvalue weighted by atomic mass is 10.1. The first kappa shape index (κ1) is 20.9. The van der Waals surface area contributed by atoms with E-state index in [9.17, 15) is 4.79 Å². The molecule has 2 aromatic heterocycles. The average molecular weight is 423 g/mol. The largest absolute Gasteiger partial charge is 0.493 e. The van der Waals surface area contributed by atoms with Crippen LogP contribution in [0.15, 0.2) is 33.6 Å². The second-order valence-electron chi connectivity index (χ2n) is 7.72. The number of benzene rings is 1. The van der Waals surface area contributed by atoms with Crippen LogP contribution in [0.2, 0.25) is 0 Å². The van der Waals surface area contributed by atoms with Gasteiger partial charge in [-0.25, -0.2) is 0 Å². The Morgan fingerprint density at radius 1 is 1.23 bits per heavy atom. The number of methoxy groups -OCH3 is 1. The van der Waals surface area contributed by atoms with Gasteiger partial charge in [-0.05, 0) is 41.3 Å². The van der Waals surface area contributed by atoms with E-state index in [0.717, 1.165) is 16.8 Å². The molecule has 0 fully saturated rings. The van der Waals surface area contributed by atoms with E-state index >= 15 is 0 Å². The van der Waals surface area contributed by atoms with Gasteiger partial charge < -0.3 is 23.7 Å². The zero-order chi connectivity index (χ0) is 21.8. The summed E-state index contributed by atoms with van der Waals surface area (Å²) in [6.45, 7) is 5.86. The molecule has 0 amide bonds. The van der Waals surface area contributed by atoms with E-state index in [0.29, 0.717) is 55.1 Å². The van der Waals surface area contributed by atoms with Gasteiger partial charge in [-0.3, -0.25) is 4.79 Å². The molecule has 1 aromatic carbocycles. The molecule has 3 aromatic rings. The predicted octanol–water partition coefficient (Wildman–Crippen LogP) is 3.71. The summed E-state index contributed by atoms with van der Waals surface area (Å²) < 4.78 is 22.0. The van der Waals surface area contributed by atoms with Gasteiger partial charge in [0.1, 0.15) is 0 Å². The molecule has 0 saturated heterocycles. The van der Waals surface area contributed by atoms with Gasteiger partial charge in [0.25, 0.3) is 11.4 Å². The summed E-state index contributed by atoms with van der Waals surface area (Å²) in [6.07, 6.45) is 4.21. The van der Waals surface area contributed by atoms with Gasteiger partial charge in [0.2, 0.25) is 5.82 Å². The molecule has 4 rings (SSSR count). The van der Waals surface area contributed by atoms with Crippen LogP contribution in [0.4, 0.5) is 0 Å². The van der Waals surface area contributed by atoms with Gasteiger partial charge in [0.15, 0.2) is 11.5 Å². The fraction of sp³-hybridized carbons (Fsp3) is 0.348. The van der Waals surface area contributed by atoms with Crippen LogP contribution in [-0.2, 0) is 17.8 Å². The summed E-state index contributed by atoms with van der Waals surface area (Å²) in [6, 6.07) is 7.43. The Labute approximate surface area is 179 Å². The molecule has 0 radical (unpaired) electrons. The van der Waals surface area contributed by atoms with Crippen molar-refractivity contribution in [3.05, 3.63) is 57.3 Å². The van der Waals surface area contributed by atoms with E-state index < -0.39 is 0 Å². The molecule has 162 valence electrons. The lowest BCUT2D eigenvalue weighted by Gasteiger charge is -2.15. The summed E-state index contributed by atoms with van der Waals surface area (Å²) in [5, 5.41) is 3.95. The Bertz CT molecular complexity index is 1150. The Kier molecular flexibility index (Phi) is 6.18. The predicted molar refractivity (Wildman–Crippen MR) is 116 cm³/mol. The van der Waals surface area contributed by atoms with E-state index in [2.05, 4.69) is 29.0 Å². The van der Waals surface area contributed by atoms with Gasteiger partial charge in [-0.15, -0.1) is 0 Å². The SMILES string of the molecule is COc1cc(/C=C/c2nc(-c3cc4c([nH]c3=O)CCOC4)no2)ccc1OCC(C)C. The molecule has 8 heteroatoms. The van der Waals surface area contributed by atoms with Gasteiger partial charge in [0.05, 0.1) is 32.5 Å². The number of ether oxygens (including phenoxy) is 3. The number of H-pyrrole nitrogens is 1. The van der Waals surface area contributed by atoms with Crippen molar-refractivity contribution in [2.75, 3.05) is 20.3 Å². The van der Waals surface area contributed by atoms with Gasteiger partial charge >= 0.3 is 0 Å². The van der Waals surface area contributed by atoms with Crippen molar-refractivity contribution in [1.29, 1.82) is 0 Å². The maximum atomic E-state index is 12.4. The summed E-state index contributed by atoms with van der Waals surface area (Å²) in [5.41, 5.74) is 2.85. The average Bonchev–Trinajstić information content (AvgIpc) is 3.24. The normalized spacial score (nSPS) is 13.5. The first-order valence-corrected chi connectivity index (χ1v) is 10.2. The number of aromatic amines is 1. The zero-order valence-corrected chi connectivity index (χ0v) is 17.8. The van der Waals surface area contributed by atoms with Crippen molar-refractivity contribution in [2.45, 2.75) is 26.9 Å². The van der Waals surface area contributed by atoms with Crippen molar-refractivity contribution in [3.63, 3.8) is 0 Å². The van der Waals surface area contributed by atoms with Gasteiger partial charge in [-0.1, -0.05) is 25.1 Å². The molecule has 0 spiro atoms. The van der Waals surface area contributed by atoms with Crippen molar-refractivity contribution < 1.29 is 18.7 Å². The Balaban J connectivity index is 1.52. The molecule has 1 N–H and O–H groups in total. The molecule has 0 unspecified atom stereocenters. The maximum absolute atomic E-state index is 12.4. The molecular formula is C23H25N3O5. The standard InChI is InChI=1S/C23H25N3O5/c1-14(2)12-30-19-6-4-15(10-20(19)28-3)5-7-21-25-22(26-31-21)17-11-16-13-29-9-8-18(16)24-23(17)27/h4-7,10-11,14H,8-9,12-13H2,1-3H3,(H,24,27)/b7-5+. The number of pyridine rings is 1. The quantitative estimate of drug-likeness (QED) is 0.618. The van der Waals surface area contributed by atoms with E-state index in [-0.39, 0.29) is 11.4 Å². The number of hydrogen-bond acceptors (Lipinski definition) is 7. The van der Waals surface area contributed by atoms with Crippen molar-refractivity contribution in [3.8, 4) is 22.9 Å². The molecule has 0 bridgehead atoms. The van der Waals surface area contributed by atoms with Crippen LogP contribution in [0.3, 0.4) is 0 Å². The highest BCUT2D eigenvalue weighted by Gasteiger charge is 2.17. The molecule has 3 heterocycles. The minimum absolute atomic E-state index is 0.237. The summed E-state index contributed by atoms with van der Waals surface area (Å²) in [5.74, 6) is 2.30. The Morgan fingerprint density at radius 2 is 2.10 bits per heavy atom. The fourth-order valence-electron chi connectivity index (χ4n) is 3.23. The minimum atomic E-state index is -0.237. The van der Waals surface area contributed by atoms with Crippen LogP contribution in [-0.4, -0.2) is 35.4 Å². The lowest BCUT2D eigenvalue weighted by molar-refractivity contribution is 0.109. The number of aromatic nitrogens is 3. The molecule has 1 aliphatic heterocycles. The lowest BCUT2D eigenvalue weighted by Crippen LogP contribution is -2.19. The summed E-state index contributed by atoms with van der Waals surface area (Å²) >= 11 is 0. The zero-order valence-electron chi connectivity index (χ0n) is 17.8. The molecule has 31 heavy (non-hydrogen) atoms. The van der Waals surface area contributed by atoms with E-state index in [4.69, 9.17) is 18.7 Å². The number of hydrogen-bond donors (Lipinski definition) is 1. The van der Waals surface area contributed by atoms with E-state index in [1.165, 1.54) is 0 Å². The molecule has 1 aliphatic rings. The number of rotatable bonds is 7. The third-order valence-corrected chi connectivity index (χ3v) is 4.83. The van der Waals surface area contributed by atoms with Crippen LogP contribution in [0.1, 0.15) is 36.6 Å². The van der Waals surface area contributed by atoms with Gasteiger partial charge in [0, 0.05) is 18.2 Å². The van der Waals surface area contributed by atoms with E-state index in [1.807, 2.05) is 24.3 Å². The molecule has 0 saturated carbocycles. The van der Waals surface area contributed by atoms with Crippen molar-refractivity contribution in [1.82, 2.24) is 15.1 Å². The van der Waals surface area contributed by atoms with E-state index in [1.54, 1.807) is 19.3 Å². The first-order valence-electron chi connectivity index (χ1n) is 10.2. The van der Waals surface area contributed by atoms with Crippen molar-refractivity contribution >= 4 is 12.2 Å². The van der Waals surface area contributed by atoms with Crippen LogP contribution in [0, 0.1) is 5.92 Å². The van der Waals surface area contributed by atoms with Crippen LogP contribution in [0.25, 0.3) is 23.5 Å². The van der Waals surface area contributed by atoms with Crippen LogP contribution < -0.4 is 15.0 Å². The monoisotopic (exact) mass is 423 g/mol. The Hall–Kier alpha value is -3.39. The first-order chi connectivity index (χ1) is 15.0. The highest BCUT2D eigenvalue weighted by Crippen LogP contribution is 2.29. The Morgan fingerprint density at radius 3 is 2.90 bits per heavy atom. The summed E-state index contributed by atoms with van der Waals surface area (Å²) in [7, 11) is 1.61. The van der Waals surface area contributed by atoms with Crippen molar-refractivity contribution in [2.24, 2.45) is 5.92 Å². The minimum Gasteiger partial charge on any atom is -0.493 e. The molecule has 8 nitrogen and oxygen atoms in total. The highest BCUT2D eigenvalue weighted by molar-refractivity contribution is 5.68. The highest BCUT2D eigenvalue weighted by atomic mass is 16.5.